The summed E-state index contributed by atoms with van der Waals surface area (Å²) in [6.45, 7) is 6.41. The van der Waals surface area contributed by atoms with Crippen LogP contribution in [0.15, 0.2) is 72.8 Å². The van der Waals surface area contributed by atoms with Crippen LogP contribution in [0.25, 0.3) is 10.8 Å². The van der Waals surface area contributed by atoms with Gasteiger partial charge in [-0.05, 0) is 56.2 Å². The highest BCUT2D eigenvalue weighted by atomic mass is 35.5. The normalized spacial score (nSPS) is 13.1. The molecular weight excluding hydrogens is 504 g/mol. The fraction of sp³-hybridized carbons (Fsp3) is 0.345. The summed E-state index contributed by atoms with van der Waals surface area (Å²) in [6, 6.07) is 21.4. The van der Waals surface area contributed by atoms with Crippen LogP contribution in [0.4, 0.5) is 0 Å². The number of halogens is 1. The van der Waals surface area contributed by atoms with Gasteiger partial charge in [0.15, 0.2) is 0 Å². The summed E-state index contributed by atoms with van der Waals surface area (Å²) in [5.41, 5.74) is 5.01. The summed E-state index contributed by atoms with van der Waals surface area (Å²) in [5, 5.41) is 20.6. The van der Waals surface area contributed by atoms with Gasteiger partial charge in [0, 0.05) is 24.1 Å². The van der Waals surface area contributed by atoms with Gasteiger partial charge in [0.25, 0.3) is 5.91 Å². The fourth-order valence-electron chi connectivity index (χ4n) is 3.74. The number of nitrogens with one attached hydrogen (secondary N) is 3. The minimum absolute atomic E-state index is 0. The number of carbonyl (C=O) groups excluding carboxylic acids is 3. The maximum Gasteiger partial charge on any atom is 0.252 e. The van der Waals surface area contributed by atoms with Crippen LogP contribution in [0, 0.1) is 0 Å². The zero-order chi connectivity index (χ0) is 27.2. The van der Waals surface area contributed by atoms with Crippen LogP contribution in [-0.2, 0) is 16.0 Å². The van der Waals surface area contributed by atoms with E-state index >= 15 is 0 Å². The van der Waals surface area contributed by atoms with E-state index in [9.17, 15) is 19.5 Å². The highest BCUT2D eigenvalue weighted by Crippen LogP contribution is 2.17. The lowest BCUT2D eigenvalue weighted by Gasteiger charge is -2.29. The van der Waals surface area contributed by atoms with Crippen molar-refractivity contribution < 1.29 is 19.5 Å². The van der Waals surface area contributed by atoms with Gasteiger partial charge in [0.1, 0.15) is 11.6 Å². The second-order valence-corrected chi connectivity index (χ2v) is 10.4. The van der Waals surface area contributed by atoms with Gasteiger partial charge in [0.2, 0.25) is 11.8 Å². The van der Waals surface area contributed by atoms with Crippen molar-refractivity contribution >= 4 is 40.9 Å². The molecule has 0 aliphatic rings. The monoisotopic (exact) mass is 540 g/mol. The molecule has 3 rings (SSSR count). The molecule has 0 aromatic heterocycles. The molecule has 204 valence electrons. The van der Waals surface area contributed by atoms with Crippen molar-refractivity contribution in [1.82, 2.24) is 16.0 Å². The molecule has 0 aliphatic carbocycles. The van der Waals surface area contributed by atoms with E-state index in [2.05, 4.69) is 16.0 Å². The van der Waals surface area contributed by atoms with Crippen molar-refractivity contribution in [3.8, 4) is 0 Å². The van der Waals surface area contributed by atoms with E-state index in [1.165, 1.54) is 0 Å². The number of hydrogen-bond donors (Lipinski definition) is 5. The van der Waals surface area contributed by atoms with Gasteiger partial charge in [-0.3, -0.25) is 14.4 Å². The number of aliphatic hydroxyl groups excluding tert-OH is 1. The number of carbonyl (C=O) groups is 3. The molecule has 1 unspecified atom stereocenters. The van der Waals surface area contributed by atoms with E-state index in [0.717, 1.165) is 16.3 Å². The number of rotatable bonds is 10. The predicted molar refractivity (Wildman–Crippen MR) is 152 cm³/mol. The lowest BCUT2D eigenvalue weighted by Crippen LogP contribution is -2.60. The van der Waals surface area contributed by atoms with E-state index in [1.807, 2.05) is 42.5 Å². The maximum atomic E-state index is 13.3. The molecule has 3 amide bonds. The molecular formula is C29H37ClN4O4. The lowest BCUT2D eigenvalue weighted by molar-refractivity contribution is -0.132. The second-order valence-electron chi connectivity index (χ2n) is 10.4. The Morgan fingerprint density at radius 1 is 0.895 bits per heavy atom. The van der Waals surface area contributed by atoms with Crippen LogP contribution in [0.1, 0.15) is 43.6 Å². The Balaban J connectivity index is 0.00000507. The second kappa shape index (κ2) is 12.9. The van der Waals surface area contributed by atoms with Gasteiger partial charge < -0.3 is 26.8 Å². The molecule has 0 spiro atoms. The van der Waals surface area contributed by atoms with Gasteiger partial charge in [-0.2, -0.15) is 0 Å². The van der Waals surface area contributed by atoms with Crippen LogP contribution in [0.2, 0.25) is 0 Å². The van der Waals surface area contributed by atoms with Crippen molar-refractivity contribution in [3.05, 3.63) is 83.9 Å². The van der Waals surface area contributed by atoms with Gasteiger partial charge in [-0.15, -0.1) is 12.4 Å². The first kappa shape index (κ1) is 30.8. The molecule has 2 atom stereocenters. The third kappa shape index (κ3) is 8.28. The minimum atomic E-state index is -1.30. The largest absolute Gasteiger partial charge is 0.389 e. The predicted octanol–water partition coefficient (Wildman–Crippen LogP) is 2.71. The molecule has 0 saturated carbocycles. The molecule has 0 aliphatic heterocycles. The van der Waals surface area contributed by atoms with Crippen molar-refractivity contribution in [3.63, 3.8) is 0 Å². The first-order chi connectivity index (χ1) is 17.4. The number of hydrogen-bond acceptors (Lipinski definition) is 5. The van der Waals surface area contributed by atoms with Gasteiger partial charge in [-0.1, -0.05) is 60.7 Å². The van der Waals surface area contributed by atoms with E-state index in [-0.39, 0.29) is 25.4 Å². The quantitative estimate of drug-likeness (QED) is 0.269. The summed E-state index contributed by atoms with van der Waals surface area (Å²) in [6.07, 6.45) is -0.761. The molecule has 3 aromatic rings. The molecule has 0 radical (unpaired) electrons. The Morgan fingerprint density at radius 3 is 2.13 bits per heavy atom. The zero-order valence-corrected chi connectivity index (χ0v) is 23.0. The topological polar surface area (TPSA) is 134 Å². The molecule has 3 aromatic carbocycles. The molecule has 0 heterocycles. The highest BCUT2D eigenvalue weighted by molar-refractivity contribution is 6.00. The Kier molecular flexibility index (Phi) is 10.4. The smallest absolute Gasteiger partial charge is 0.252 e. The number of aliphatic hydroxyl groups is 1. The fourth-order valence-corrected chi connectivity index (χ4v) is 3.74. The minimum Gasteiger partial charge on any atom is -0.389 e. The standard InChI is InChI=1S/C29H36N4O4.ClH/c1-28(2,30)24(34)18-31-26(36)23(17-19-14-15-20-10-8-9-13-22(20)16-19)32-27(37)29(3,4)33-25(35)21-11-6-5-7-12-21;/h5-16,23-24,34H,17-18,30H2,1-4H3,(H,31,36)(H,32,37)(H,33,35);1H/t23-,24?;/m1./s1. The van der Waals surface area contributed by atoms with E-state index < -0.39 is 40.9 Å². The SMILES string of the molecule is CC(C)(NC(=O)c1ccccc1)C(=O)N[C@H](Cc1ccc2ccccc2c1)C(=O)NCC(O)C(C)(C)N.Cl. The highest BCUT2D eigenvalue weighted by Gasteiger charge is 2.33. The third-order valence-corrected chi connectivity index (χ3v) is 6.23. The summed E-state index contributed by atoms with van der Waals surface area (Å²) in [5.74, 6) is -1.38. The summed E-state index contributed by atoms with van der Waals surface area (Å²) < 4.78 is 0. The third-order valence-electron chi connectivity index (χ3n) is 6.23. The Bertz CT molecular complexity index is 1260. The first-order valence-electron chi connectivity index (χ1n) is 12.3. The van der Waals surface area contributed by atoms with Crippen molar-refractivity contribution in [2.24, 2.45) is 5.73 Å². The van der Waals surface area contributed by atoms with Crippen molar-refractivity contribution in [2.45, 2.75) is 57.3 Å². The van der Waals surface area contributed by atoms with E-state index in [1.54, 1.807) is 58.0 Å². The van der Waals surface area contributed by atoms with Crippen LogP contribution < -0.4 is 21.7 Å². The van der Waals surface area contributed by atoms with Crippen LogP contribution >= 0.6 is 12.4 Å². The van der Waals surface area contributed by atoms with Crippen LogP contribution in [-0.4, -0.2) is 52.6 Å². The Labute approximate surface area is 229 Å². The molecule has 6 N–H and O–H groups in total. The molecule has 0 bridgehead atoms. The maximum absolute atomic E-state index is 13.3. The number of nitrogens with two attached hydrogens (primary N) is 1. The number of amides is 3. The Morgan fingerprint density at radius 2 is 1.50 bits per heavy atom. The van der Waals surface area contributed by atoms with E-state index in [0.29, 0.717) is 5.56 Å². The number of benzene rings is 3. The zero-order valence-electron chi connectivity index (χ0n) is 22.2. The summed E-state index contributed by atoms with van der Waals surface area (Å²) >= 11 is 0. The number of fused-ring (bicyclic) bond motifs is 1. The van der Waals surface area contributed by atoms with E-state index in [4.69, 9.17) is 5.73 Å². The summed E-state index contributed by atoms with van der Waals surface area (Å²) in [7, 11) is 0. The van der Waals surface area contributed by atoms with Gasteiger partial charge >= 0.3 is 0 Å². The van der Waals surface area contributed by atoms with Crippen molar-refractivity contribution in [2.75, 3.05) is 6.54 Å². The average Bonchev–Trinajstić information content (AvgIpc) is 2.86. The molecule has 8 nitrogen and oxygen atoms in total. The summed E-state index contributed by atoms with van der Waals surface area (Å²) in [4.78, 5) is 39.1. The van der Waals surface area contributed by atoms with Gasteiger partial charge in [0.05, 0.1) is 6.10 Å². The van der Waals surface area contributed by atoms with Crippen LogP contribution in [0.3, 0.4) is 0 Å². The Hall–Kier alpha value is -3.46. The molecule has 0 saturated heterocycles. The molecule has 38 heavy (non-hydrogen) atoms. The lowest BCUT2D eigenvalue weighted by atomic mass is 9.97. The van der Waals surface area contributed by atoms with Crippen molar-refractivity contribution in [1.29, 1.82) is 0 Å². The molecule has 0 fully saturated rings. The first-order valence-corrected chi connectivity index (χ1v) is 12.3. The van der Waals surface area contributed by atoms with Gasteiger partial charge in [-0.25, -0.2) is 0 Å². The average molecular weight is 541 g/mol. The van der Waals surface area contributed by atoms with Crippen LogP contribution in [0.5, 0.6) is 0 Å². The molecule has 9 heteroatoms.